The van der Waals surface area contributed by atoms with Gasteiger partial charge < -0.3 is 10.2 Å². The Hall–Kier alpha value is -1.91. The fourth-order valence-electron chi connectivity index (χ4n) is 2.97. The van der Waals surface area contributed by atoms with Crippen molar-refractivity contribution in [3.8, 4) is 0 Å². The first-order valence-electron chi connectivity index (χ1n) is 6.65. The van der Waals surface area contributed by atoms with Gasteiger partial charge in [-0.05, 0) is 30.4 Å². The summed E-state index contributed by atoms with van der Waals surface area (Å²) in [5.74, 6) is 0.212. The molecule has 1 spiro atoms. The standard InChI is InChI=1S/C14H17N3O2/c18-12-9-14(10-16-12)3-7-17(8-4-14)13(19)11-1-5-15-6-2-11/h1-2,5-6H,3-4,7-10H2,(H,16,18). The Morgan fingerprint density at radius 1 is 1.26 bits per heavy atom. The number of aromatic nitrogens is 1. The predicted molar refractivity (Wildman–Crippen MR) is 69.4 cm³/mol. The summed E-state index contributed by atoms with van der Waals surface area (Å²) >= 11 is 0. The molecule has 3 rings (SSSR count). The van der Waals surface area contributed by atoms with Crippen LogP contribution in [0, 0.1) is 5.41 Å². The summed E-state index contributed by atoms with van der Waals surface area (Å²) in [6.07, 6.45) is 5.70. The van der Waals surface area contributed by atoms with Gasteiger partial charge in [0.15, 0.2) is 0 Å². The number of pyridine rings is 1. The lowest BCUT2D eigenvalue weighted by molar-refractivity contribution is -0.119. The molecule has 2 saturated heterocycles. The van der Waals surface area contributed by atoms with Gasteiger partial charge in [0, 0.05) is 44.0 Å². The number of carbonyl (C=O) groups is 2. The van der Waals surface area contributed by atoms with Crippen molar-refractivity contribution >= 4 is 11.8 Å². The van der Waals surface area contributed by atoms with E-state index < -0.39 is 0 Å². The molecule has 0 atom stereocenters. The van der Waals surface area contributed by atoms with Crippen molar-refractivity contribution in [2.45, 2.75) is 19.3 Å². The van der Waals surface area contributed by atoms with Crippen molar-refractivity contribution in [2.75, 3.05) is 19.6 Å². The largest absolute Gasteiger partial charge is 0.356 e. The van der Waals surface area contributed by atoms with Crippen molar-refractivity contribution in [1.82, 2.24) is 15.2 Å². The molecule has 5 heteroatoms. The van der Waals surface area contributed by atoms with Crippen molar-refractivity contribution in [1.29, 1.82) is 0 Å². The molecule has 5 nitrogen and oxygen atoms in total. The molecule has 1 aromatic heterocycles. The fourth-order valence-corrected chi connectivity index (χ4v) is 2.97. The maximum Gasteiger partial charge on any atom is 0.253 e. The first-order valence-corrected chi connectivity index (χ1v) is 6.65. The molecule has 1 aromatic rings. The Labute approximate surface area is 112 Å². The van der Waals surface area contributed by atoms with Crippen molar-refractivity contribution in [3.63, 3.8) is 0 Å². The molecule has 0 bridgehead atoms. The average Bonchev–Trinajstić information content (AvgIpc) is 2.81. The van der Waals surface area contributed by atoms with E-state index in [0.717, 1.165) is 32.5 Å². The van der Waals surface area contributed by atoms with E-state index in [1.165, 1.54) is 0 Å². The topological polar surface area (TPSA) is 62.3 Å². The number of hydrogen-bond donors (Lipinski definition) is 1. The van der Waals surface area contributed by atoms with Crippen LogP contribution in [0.2, 0.25) is 0 Å². The van der Waals surface area contributed by atoms with Crippen LogP contribution in [-0.2, 0) is 4.79 Å². The first kappa shape index (κ1) is 12.1. The summed E-state index contributed by atoms with van der Waals surface area (Å²) < 4.78 is 0. The molecule has 19 heavy (non-hydrogen) atoms. The fraction of sp³-hybridized carbons (Fsp3) is 0.500. The van der Waals surface area contributed by atoms with E-state index in [4.69, 9.17) is 0 Å². The number of carbonyl (C=O) groups excluding carboxylic acids is 2. The third-order valence-corrected chi connectivity index (χ3v) is 4.23. The van der Waals surface area contributed by atoms with Crippen LogP contribution >= 0.6 is 0 Å². The zero-order valence-electron chi connectivity index (χ0n) is 10.8. The molecular weight excluding hydrogens is 242 g/mol. The lowest BCUT2D eigenvalue weighted by Crippen LogP contribution is -2.44. The molecule has 2 fully saturated rings. The minimum absolute atomic E-state index is 0.0644. The van der Waals surface area contributed by atoms with Gasteiger partial charge in [-0.1, -0.05) is 0 Å². The van der Waals surface area contributed by atoms with E-state index in [9.17, 15) is 9.59 Å². The van der Waals surface area contributed by atoms with Crippen LogP contribution in [0.15, 0.2) is 24.5 Å². The molecule has 0 aliphatic carbocycles. The average molecular weight is 259 g/mol. The molecular formula is C14H17N3O2. The molecule has 0 aromatic carbocycles. The summed E-state index contributed by atoms with van der Waals surface area (Å²) in [7, 11) is 0. The molecule has 2 aliphatic heterocycles. The quantitative estimate of drug-likeness (QED) is 0.812. The van der Waals surface area contributed by atoms with Crippen LogP contribution in [-0.4, -0.2) is 41.3 Å². The van der Waals surface area contributed by atoms with E-state index in [1.807, 2.05) is 4.90 Å². The highest BCUT2D eigenvalue weighted by molar-refractivity contribution is 5.94. The van der Waals surface area contributed by atoms with Gasteiger partial charge >= 0.3 is 0 Å². The van der Waals surface area contributed by atoms with E-state index in [1.54, 1.807) is 24.5 Å². The van der Waals surface area contributed by atoms with Crippen LogP contribution in [0.3, 0.4) is 0 Å². The van der Waals surface area contributed by atoms with Gasteiger partial charge in [0.05, 0.1) is 0 Å². The van der Waals surface area contributed by atoms with Gasteiger partial charge in [-0.3, -0.25) is 14.6 Å². The van der Waals surface area contributed by atoms with Gasteiger partial charge in [-0.15, -0.1) is 0 Å². The molecule has 100 valence electrons. The molecule has 1 N–H and O–H groups in total. The van der Waals surface area contributed by atoms with Crippen molar-refractivity contribution < 1.29 is 9.59 Å². The van der Waals surface area contributed by atoms with Crippen LogP contribution in [0.4, 0.5) is 0 Å². The minimum Gasteiger partial charge on any atom is -0.356 e. The van der Waals surface area contributed by atoms with Crippen molar-refractivity contribution in [2.24, 2.45) is 5.41 Å². The number of nitrogens with zero attached hydrogens (tertiary/aromatic N) is 2. The maximum absolute atomic E-state index is 12.3. The van der Waals surface area contributed by atoms with E-state index in [0.29, 0.717) is 12.0 Å². The number of rotatable bonds is 1. The van der Waals surface area contributed by atoms with Gasteiger partial charge in [-0.25, -0.2) is 0 Å². The summed E-state index contributed by atoms with van der Waals surface area (Å²) in [5.41, 5.74) is 0.776. The Kier molecular flexibility index (Phi) is 2.97. The monoisotopic (exact) mass is 259 g/mol. The number of nitrogens with one attached hydrogen (secondary N) is 1. The Bertz CT molecular complexity index is 493. The maximum atomic E-state index is 12.3. The molecule has 2 aliphatic rings. The third kappa shape index (κ3) is 2.32. The summed E-state index contributed by atoms with van der Waals surface area (Å²) in [6, 6.07) is 3.49. The molecule has 2 amide bonds. The number of piperidine rings is 1. The number of amides is 2. The first-order chi connectivity index (χ1) is 9.19. The lowest BCUT2D eigenvalue weighted by Gasteiger charge is -2.38. The highest BCUT2D eigenvalue weighted by Gasteiger charge is 2.41. The number of hydrogen-bond acceptors (Lipinski definition) is 3. The molecule has 0 unspecified atom stereocenters. The van der Waals surface area contributed by atoms with Gasteiger partial charge in [0.2, 0.25) is 5.91 Å². The SMILES string of the molecule is O=C1CC2(CCN(C(=O)c3ccncc3)CC2)CN1. The van der Waals surface area contributed by atoms with E-state index in [-0.39, 0.29) is 17.2 Å². The van der Waals surface area contributed by atoms with Crippen LogP contribution in [0.25, 0.3) is 0 Å². The Morgan fingerprint density at radius 3 is 2.53 bits per heavy atom. The number of likely N-dealkylation sites (tertiary alicyclic amines) is 1. The lowest BCUT2D eigenvalue weighted by atomic mass is 9.77. The van der Waals surface area contributed by atoms with E-state index >= 15 is 0 Å². The van der Waals surface area contributed by atoms with Crippen LogP contribution in [0.5, 0.6) is 0 Å². The second-order valence-electron chi connectivity index (χ2n) is 5.48. The van der Waals surface area contributed by atoms with Gasteiger partial charge in [0.25, 0.3) is 5.91 Å². The summed E-state index contributed by atoms with van der Waals surface area (Å²) in [5, 5.41) is 2.91. The van der Waals surface area contributed by atoms with E-state index in [2.05, 4.69) is 10.3 Å². The van der Waals surface area contributed by atoms with Crippen molar-refractivity contribution in [3.05, 3.63) is 30.1 Å². The zero-order valence-corrected chi connectivity index (χ0v) is 10.8. The third-order valence-electron chi connectivity index (χ3n) is 4.23. The summed E-state index contributed by atoms with van der Waals surface area (Å²) in [6.45, 7) is 2.23. The second-order valence-corrected chi connectivity index (χ2v) is 5.48. The summed E-state index contributed by atoms with van der Waals surface area (Å²) in [4.78, 5) is 29.4. The van der Waals surface area contributed by atoms with Crippen LogP contribution < -0.4 is 5.32 Å². The molecule has 3 heterocycles. The Morgan fingerprint density at radius 2 is 1.95 bits per heavy atom. The molecule has 0 radical (unpaired) electrons. The highest BCUT2D eigenvalue weighted by atomic mass is 16.2. The molecule has 0 saturated carbocycles. The zero-order chi connectivity index (χ0) is 13.3. The van der Waals surface area contributed by atoms with Gasteiger partial charge in [0.1, 0.15) is 0 Å². The van der Waals surface area contributed by atoms with Gasteiger partial charge in [-0.2, -0.15) is 0 Å². The highest BCUT2D eigenvalue weighted by Crippen LogP contribution is 2.37. The van der Waals surface area contributed by atoms with Crippen LogP contribution in [0.1, 0.15) is 29.6 Å². The second kappa shape index (κ2) is 4.64. The minimum atomic E-state index is 0.0644. The smallest absolute Gasteiger partial charge is 0.253 e. The Balaban J connectivity index is 1.64. The normalized spacial score (nSPS) is 21.5. The predicted octanol–water partition coefficient (Wildman–Crippen LogP) is 0.824.